The number of thioether (sulfide) groups is 1. The van der Waals surface area contributed by atoms with Crippen molar-refractivity contribution in [3.8, 4) is 0 Å². The Balaban J connectivity index is 1.56. The van der Waals surface area contributed by atoms with Gasteiger partial charge in [-0.15, -0.1) is 0 Å². The molecule has 2 rings (SSSR count). The number of furan rings is 1. The Morgan fingerprint density at radius 2 is 2.10 bits per heavy atom. The van der Waals surface area contributed by atoms with Crippen LogP contribution in [0.15, 0.2) is 47.1 Å². The molecule has 0 bridgehead atoms. The lowest BCUT2D eigenvalue weighted by Crippen LogP contribution is -2.29. The normalized spacial score (nSPS) is 10.3. The number of nitrogens with one attached hydrogen (secondary N) is 2. The van der Waals surface area contributed by atoms with Crippen molar-refractivity contribution >= 4 is 34.8 Å². The average Bonchev–Trinajstić information content (AvgIpc) is 2.98. The summed E-state index contributed by atoms with van der Waals surface area (Å²) in [6, 6.07) is 10.3. The van der Waals surface area contributed by atoms with E-state index in [1.165, 1.54) is 6.07 Å². The molecule has 21 heavy (non-hydrogen) atoms. The van der Waals surface area contributed by atoms with Crippen LogP contribution in [0, 0.1) is 5.82 Å². The maximum atomic E-state index is 13.4. The van der Waals surface area contributed by atoms with Gasteiger partial charge in [0.1, 0.15) is 11.6 Å². The number of benzene rings is 1. The minimum atomic E-state index is -0.310. The third kappa shape index (κ3) is 5.77. The molecule has 3 nitrogen and oxygen atoms in total. The summed E-state index contributed by atoms with van der Waals surface area (Å²) in [5.41, 5.74) is 0.391. The molecule has 0 aliphatic heterocycles. The van der Waals surface area contributed by atoms with E-state index in [0.29, 0.717) is 10.8 Å². The van der Waals surface area contributed by atoms with Crippen LogP contribution in [-0.4, -0.2) is 17.4 Å². The van der Waals surface area contributed by atoms with Gasteiger partial charge in [0, 0.05) is 6.54 Å². The van der Waals surface area contributed by atoms with Gasteiger partial charge in [-0.2, -0.15) is 11.8 Å². The van der Waals surface area contributed by atoms with Crippen molar-refractivity contribution in [2.75, 3.05) is 17.6 Å². The van der Waals surface area contributed by atoms with Gasteiger partial charge in [0.25, 0.3) is 0 Å². The lowest BCUT2D eigenvalue weighted by molar-refractivity contribution is 0.530. The van der Waals surface area contributed by atoms with Crippen LogP contribution in [0.2, 0.25) is 0 Å². The number of para-hydroxylation sites is 1. The predicted molar refractivity (Wildman–Crippen MR) is 90.1 cm³/mol. The Kier molecular flexibility index (Phi) is 6.56. The fourth-order valence-corrected chi connectivity index (χ4v) is 2.74. The van der Waals surface area contributed by atoms with E-state index in [1.807, 2.05) is 23.9 Å². The maximum absolute atomic E-state index is 13.4. The molecular weight excluding hydrogens is 307 g/mol. The van der Waals surface area contributed by atoms with Gasteiger partial charge < -0.3 is 15.1 Å². The lowest BCUT2D eigenvalue weighted by atomic mass is 10.3. The Morgan fingerprint density at radius 1 is 1.24 bits per heavy atom. The van der Waals surface area contributed by atoms with Crippen molar-refractivity contribution in [2.45, 2.75) is 12.2 Å². The summed E-state index contributed by atoms with van der Waals surface area (Å²) in [4.78, 5) is 0. The van der Waals surface area contributed by atoms with Gasteiger partial charge in [0.2, 0.25) is 0 Å². The molecule has 0 spiro atoms. The topological polar surface area (TPSA) is 37.2 Å². The number of hydrogen-bond donors (Lipinski definition) is 2. The molecule has 2 N–H and O–H groups in total. The van der Waals surface area contributed by atoms with Crippen LogP contribution in [0.5, 0.6) is 0 Å². The van der Waals surface area contributed by atoms with Gasteiger partial charge in [0.15, 0.2) is 5.11 Å². The molecule has 0 aliphatic carbocycles. The first-order chi connectivity index (χ1) is 10.3. The molecule has 0 radical (unpaired) electrons. The number of hydrogen-bond acceptors (Lipinski definition) is 3. The second-order valence-corrected chi connectivity index (χ2v) is 5.86. The molecule has 0 saturated heterocycles. The molecule has 2 aromatic rings. The lowest BCUT2D eigenvalue weighted by Gasteiger charge is -2.10. The summed E-state index contributed by atoms with van der Waals surface area (Å²) in [5, 5.41) is 6.36. The summed E-state index contributed by atoms with van der Waals surface area (Å²) < 4.78 is 18.7. The molecule has 0 saturated carbocycles. The van der Waals surface area contributed by atoms with E-state index in [9.17, 15) is 4.39 Å². The highest BCUT2D eigenvalue weighted by Crippen LogP contribution is 2.13. The van der Waals surface area contributed by atoms with Gasteiger partial charge in [-0.1, -0.05) is 12.1 Å². The standard InChI is InChI=1S/C15H17FN2OS2/c16-13-6-1-2-7-14(13)18-15(20)17-8-4-10-21-11-12-5-3-9-19-12/h1-3,5-7,9H,4,8,10-11H2,(H2,17,18,20). The quantitative estimate of drug-likeness (QED) is 0.594. The Bertz CT molecular complexity index is 561. The van der Waals surface area contributed by atoms with Crippen LogP contribution in [0.25, 0.3) is 0 Å². The van der Waals surface area contributed by atoms with E-state index in [-0.39, 0.29) is 5.82 Å². The van der Waals surface area contributed by atoms with Gasteiger partial charge in [-0.25, -0.2) is 4.39 Å². The molecular formula is C15H17FN2OS2. The first-order valence-electron chi connectivity index (χ1n) is 6.65. The minimum Gasteiger partial charge on any atom is -0.468 e. The van der Waals surface area contributed by atoms with Gasteiger partial charge in [0.05, 0.1) is 17.7 Å². The molecule has 6 heteroatoms. The summed E-state index contributed by atoms with van der Waals surface area (Å²) in [6.45, 7) is 0.755. The fraction of sp³-hybridized carbons (Fsp3) is 0.267. The van der Waals surface area contributed by atoms with Gasteiger partial charge in [-0.3, -0.25) is 0 Å². The second-order valence-electron chi connectivity index (χ2n) is 4.35. The summed E-state index contributed by atoms with van der Waals surface area (Å²) in [7, 11) is 0. The Morgan fingerprint density at radius 3 is 2.86 bits per heavy atom. The molecule has 1 aromatic heterocycles. The minimum absolute atomic E-state index is 0.310. The van der Waals surface area contributed by atoms with Crippen molar-refractivity contribution in [1.29, 1.82) is 0 Å². The van der Waals surface area contributed by atoms with Crippen LogP contribution >= 0.6 is 24.0 Å². The predicted octanol–water partition coefficient (Wildman–Crippen LogP) is 4.03. The van der Waals surface area contributed by atoms with E-state index in [0.717, 1.165) is 30.2 Å². The molecule has 0 fully saturated rings. The van der Waals surface area contributed by atoms with E-state index in [2.05, 4.69) is 10.6 Å². The van der Waals surface area contributed by atoms with Crippen LogP contribution in [0.1, 0.15) is 12.2 Å². The third-order valence-electron chi connectivity index (χ3n) is 2.70. The first kappa shape index (κ1) is 15.9. The molecule has 0 unspecified atom stereocenters. The van der Waals surface area contributed by atoms with Crippen LogP contribution < -0.4 is 10.6 Å². The van der Waals surface area contributed by atoms with Crippen molar-refractivity contribution in [2.24, 2.45) is 0 Å². The Hall–Kier alpha value is -1.53. The number of halogens is 1. The number of thiocarbonyl (C=S) groups is 1. The van der Waals surface area contributed by atoms with E-state index in [4.69, 9.17) is 16.6 Å². The second kappa shape index (κ2) is 8.69. The highest BCUT2D eigenvalue weighted by atomic mass is 32.2. The largest absolute Gasteiger partial charge is 0.468 e. The number of anilines is 1. The van der Waals surface area contributed by atoms with E-state index < -0.39 is 0 Å². The Labute approximate surface area is 133 Å². The summed E-state index contributed by atoms with van der Waals surface area (Å²) >= 11 is 6.94. The molecule has 1 heterocycles. The fourth-order valence-electron chi connectivity index (χ4n) is 1.67. The van der Waals surface area contributed by atoms with Gasteiger partial charge >= 0.3 is 0 Å². The third-order valence-corrected chi connectivity index (χ3v) is 4.01. The molecule has 1 aromatic carbocycles. The highest BCUT2D eigenvalue weighted by Gasteiger charge is 2.02. The van der Waals surface area contributed by atoms with Crippen molar-refractivity contribution < 1.29 is 8.81 Å². The van der Waals surface area contributed by atoms with E-state index in [1.54, 1.807) is 24.5 Å². The van der Waals surface area contributed by atoms with Crippen molar-refractivity contribution in [3.63, 3.8) is 0 Å². The van der Waals surface area contributed by atoms with Crippen molar-refractivity contribution in [3.05, 3.63) is 54.2 Å². The zero-order chi connectivity index (χ0) is 14.9. The van der Waals surface area contributed by atoms with Crippen LogP contribution in [-0.2, 0) is 5.75 Å². The molecule has 0 atom stereocenters. The summed E-state index contributed by atoms with van der Waals surface area (Å²) in [6.07, 6.45) is 2.66. The molecule has 112 valence electrons. The van der Waals surface area contributed by atoms with E-state index >= 15 is 0 Å². The zero-order valence-corrected chi connectivity index (χ0v) is 13.1. The van der Waals surface area contributed by atoms with Gasteiger partial charge in [-0.05, 0) is 48.7 Å². The monoisotopic (exact) mass is 324 g/mol. The average molecular weight is 324 g/mol. The maximum Gasteiger partial charge on any atom is 0.170 e. The SMILES string of the molecule is Fc1ccccc1NC(=S)NCCCSCc1ccco1. The number of rotatable bonds is 7. The van der Waals surface area contributed by atoms with Crippen LogP contribution in [0.4, 0.5) is 10.1 Å². The zero-order valence-electron chi connectivity index (χ0n) is 11.5. The molecule has 0 aliphatic rings. The smallest absolute Gasteiger partial charge is 0.170 e. The first-order valence-corrected chi connectivity index (χ1v) is 8.21. The highest BCUT2D eigenvalue weighted by molar-refractivity contribution is 7.98. The molecule has 0 amide bonds. The van der Waals surface area contributed by atoms with Crippen LogP contribution in [0.3, 0.4) is 0 Å². The van der Waals surface area contributed by atoms with Crippen molar-refractivity contribution in [1.82, 2.24) is 5.32 Å². The summed E-state index contributed by atoms with van der Waals surface area (Å²) in [5.74, 6) is 2.57.